The van der Waals surface area contributed by atoms with Crippen LogP contribution in [0.15, 0.2) is 48.5 Å². The van der Waals surface area contributed by atoms with Crippen LogP contribution in [0, 0.1) is 11.8 Å². The molecule has 2 aromatic rings. The van der Waals surface area contributed by atoms with E-state index in [1.165, 1.54) is 12.8 Å². The summed E-state index contributed by atoms with van der Waals surface area (Å²) in [6.07, 6.45) is 2.33. The van der Waals surface area contributed by atoms with Crippen LogP contribution in [0.1, 0.15) is 24.0 Å². The molecule has 0 aliphatic carbocycles. The van der Waals surface area contributed by atoms with Gasteiger partial charge in [-0.2, -0.15) is 8.42 Å². The molecule has 0 saturated carbocycles. The zero-order valence-corrected chi connectivity index (χ0v) is 18.5. The molecule has 2 bridgehead atoms. The van der Waals surface area contributed by atoms with E-state index in [9.17, 15) is 5.11 Å². The quantitative estimate of drug-likeness (QED) is 0.594. The molecule has 3 N–H and O–H groups in total. The highest BCUT2D eigenvalue weighted by atomic mass is 32.3. The van der Waals surface area contributed by atoms with Gasteiger partial charge < -0.3 is 19.5 Å². The van der Waals surface area contributed by atoms with Gasteiger partial charge in [0.1, 0.15) is 17.1 Å². The van der Waals surface area contributed by atoms with Crippen molar-refractivity contribution in [3.63, 3.8) is 0 Å². The van der Waals surface area contributed by atoms with E-state index in [0.29, 0.717) is 5.92 Å². The van der Waals surface area contributed by atoms with Gasteiger partial charge in [0.25, 0.3) is 0 Å². The predicted molar refractivity (Wildman–Crippen MR) is 116 cm³/mol. The first kappa shape index (κ1) is 23.5. The van der Waals surface area contributed by atoms with Crippen LogP contribution >= 0.6 is 0 Å². The summed E-state index contributed by atoms with van der Waals surface area (Å²) in [4.78, 5) is 2.49. The monoisotopic (exact) mass is 451 g/mol. The third kappa shape index (κ3) is 5.55. The molecule has 3 aliphatic rings. The first-order valence-corrected chi connectivity index (χ1v) is 11.5. The highest BCUT2D eigenvalue weighted by Crippen LogP contribution is 2.47. The first-order chi connectivity index (χ1) is 14.6. The van der Waals surface area contributed by atoms with E-state index in [-0.39, 0.29) is 5.92 Å². The Bertz CT molecular complexity index is 897. The summed E-state index contributed by atoms with van der Waals surface area (Å²) >= 11 is 0. The first-order valence-electron chi connectivity index (χ1n) is 10.1. The molecule has 31 heavy (non-hydrogen) atoms. The summed E-state index contributed by atoms with van der Waals surface area (Å²) in [5.41, 5.74) is 0.854. The number of hydrogen-bond donors (Lipinski definition) is 3. The lowest BCUT2D eigenvalue weighted by Gasteiger charge is -2.51. The van der Waals surface area contributed by atoms with Crippen molar-refractivity contribution in [2.45, 2.75) is 18.4 Å². The van der Waals surface area contributed by atoms with Crippen LogP contribution in [0.5, 0.6) is 11.5 Å². The maximum atomic E-state index is 12.1. The van der Waals surface area contributed by atoms with Crippen molar-refractivity contribution < 1.29 is 32.1 Å². The van der Waals surface area contributed by atoms with Gasteiger partial charge in [0, 0.05) is 12.5 Å². The van der Waals surface area contributed by atoms with Gasteiger partial charge in [-0.05, 0) is 67.2 Å². The summed E-state index contributed by atoms with van der Waals surface area (Å²) < 4.78 is 42.2. The van der Waals surface area contributed by atoms with Gasteiger partial charge in [-0.1, -0.05) is 24.3 Å². The molecule has 3 aliphatic heterocycles. The van der Waals surface area contributed by atoms with Crippen LogP contribution in [0.4, 0.5) is 0 Å². The maximum absolute atomic E-state index is 12.1. The SMILES string of the molecule is COc1ccc(C(O)(c2ccc(OC)cc2)C2CN3CCC2CC3)cc1.O=S(=O)(O)O. The number of nitrogens with zero attached hydrogens (tertiary/aromatic N) is 1. The second kappa shape index (κ2) is 9.54. The average molecular weight is 452 g/mol. The van der Waals surface area contributed by atoms with E-state index in [1.807, 2.05) is 48.5 Å². The van der Waals surface area contributed by atoms with Gasteiger partial charge in [-0.15, -0.1) is 0 Å². The van der Waals surface area contributed by atoms with Crippen LogP contribution in [-0.2, 0) is 16.0 Å². The summed E-state index contributed by atoms with van der Waals surface area (Å²) in [5.74, 6) is 2.35. The molecular formula is C22H29NO7S. The number of aliphatic hydroxyl groups is 1. The third-order valence-corrected chi connectivity index (χ3v) is 6.25. The fourth-order valence-corrected chi connectivity index (χ4v) is 4.72. The van der Waals surface area contributed by atoms with Crippen molar-refractivity contribution in [3.05, 3.63) is 59.7 Å². The van der Waals surface area contributed by atoms with Crippen molar-refractivity contribution in [2.75, 3.05) is 33.9 Å². The van der Waals surface area contributed by atoms with E-state index >= 15 is 0 Å². The van der Waals surface area contributed by atoms with Crippen LogP contribution in [0.3, 0.4) is 0 Å². The number of rotatable bonds is 5. The molecule has 8 nitrogen and oxygen atoms in total. The molecule has 0 aromatic heterocycles. The smallest absolute Gasteiger partial charge is 0.394 e. The normalized spacial score (nSPS) is 22.9. The molecule has 3 fully saturated rings. The Hall–Kier alpha value is -2.17. The number of fused-ring (bicyclic) bond motifs is 3. The summed E-state index contributed by atoms with van der Waals surface area (Å²) in [6.45, 7) is 3.25. The van der Waals surface area contributed by atoms with Gasteiger partial charge in [0.2, 0.25) is 0 Å². The highest BCUT2D eigenvalue weighted by molar-refractivity contribution is 7.79. The van der Waals surface area contributed by atoms with E-state index in [0.717, 1.165) is 42.3 Å². The molecular weight excluding hydrogens is 422 g/mol. The largest absolute Gasteiger partial charge is 0.497 e. The molecule has 170 valence electrons. The maximum Gasteiger partial charge on any atom is 0.394 e. The van der Waals surface area contributed by atoms with E-state index in [4.69, 9.17) is 27.0 Å². The van der Waals surface area contributed by atoms with Crippen molar-refractivity contribution in [3.8, 4) is 11.5 Å². The van der Waals surface area contributed by atoms with Gasteiger partial charge >= 0.3 is 10.4 Å². The Labute approximate surface area is 183 Å². The molecule has 9 heteroatoms. The van der Waals surface area contributed by atoms with Crippen molar-refractivity contribution in [1.82, 2.24) is 4.90 Å². The Morgan fingerprint density at radius 2 is 1.26 bits per heavy atom. The fraction of sp³-hybridized carbons (Fsp3) is 0.455. The Kier molecular flexibility index (Phi) is 7.23. The number of methoxy groups -OCH3 is 2. The third-order valence-electron chi connectivity index (χ3n) is 6.25. The zero-order chi connectivity index (χ0) is 22.6. The standard InChI is InChI=1S/C22H27NO3.H2O4S/c1-25-19-7-3-17(4-8-19)22(24,18-5-9-20(26-2)10-6-18)21-15-23-13-11-16(21)12-14-23;1-5(2,3)4/h3-10,16,21,24H,11-15H2,1-2H3;(H2,1,2,3,4). The lowest BCUT2D eigenvalue weighted by atomic mass is 9.65. The van der Waals surface area contributed by atoms with Crippen molar-refractivity contribution in [2.24, 2.45) is 11.8 Å². The summed E-state index contributed by atoms with van der Waals surface area (Å²) in [6, 6.07) is 15.7. The minimum atomic E-state index is -4.67. The fourth-order valence-electron chi connectivity index (χ4n) is 4.72. The minimum Gasteiger partial charge on any atom is -0.497 e. The van der Waals surface area contributed by atoms with Crippen LogP contribution in [-0.4, -0.2) is 61.4 Å². The van der Waals surface area contributed by atoms with E-state index in [1.54, 1.807) is 14.2 Å². The summed E-state index contributed by atoms with van der Waals surface area (Å²) in [5, 5.41) is 12.1. The van der Waals surface area contributed by atoms with Gasteiger partial charge in [0.05, 0.1) is 14.2 Å². The number of piperidine rings is 3. The highest BCUT2D eigenvalue weighted by Gasteiger charge is 2.48. The Balaban J connectivity index is 0.000000491. The van der Waals surface area contributed by atoms with Crippen LogP contribution in [0.2, 0.25) is 0 Å². The molecule has 0 spiro atoms. The van der Waals surface area contributed by atoms with Crippen LogP contribution in [0.25, 0.3) is 0 Å². The lowest BCUT2D eigenvalue weighted by molar-refractivity contribution is -0.0764. The van der Waals surface area contributed by atoms with Crippen molar-refractivity contribution >= 4 is 10.4 Å². The zero-order valence-electron chi connectivity index (χ0n) is 17.6. The van der Waals surface area contributed by atoms with Crippen LogP contribution < -0.4 is 9.47 Å². The molecule has 5 rings (SSSR count). The predicted octanol–water partition coefficient (Wildman–Crippen LogP) is 2.63. The van der Waals surface area contributed by atoms with Gasteiger partial charge in [-0.25, -0.2) is 0 Å². The van der Waals surface area contributed by atoms with Gasteiger partial charge in [-0.3, -0.25) is 9.11 Å². The summed E-state index contributed by atoms with van der Waals surface area (Å²) in [7, 11) is -1.34. The molecule has 3 heterocycles. The minimum absolute atomic E-state index is 0.187. The number of hydrogen-bond acceptors (Lipinski definition) is 6. The topological polar surface area (TPSA) is 117 Å². The number of benzene rings is 2. The Morgan fingerprint density at radius 3 is 1.55 bits per heavy atom. The average Bonchev–Trinajstić information content (AvgIpc) is 2.78. The van der Waals surface area contributed by atoms with Gasteiger partial charge in [0.15, 0.2) is 0 Å². The molecule has 1 atom stereocenters. The second-order valence-electron chi connectivity index (χ2n) is 7.92. The molecule has 0 radical (unpaired) electrons. The van der Waals surface area contributed by atoms with Crippen molar-refractivity contribution in [1.29, 1.82) is 0 Å². The van der Waals surface area contributed by atoms with E-state index in [2.05, 4.69) is 4.90 Å². The number of ether oxygens (including phenoxy) is 2. The molecule has 2 aromatic carbocycles. The molecule has 0 amide bonds. The van der Waals surface area contributed by atoms with E-state index < -0.39 is 16.0 Å². The molecule has 1 unspecified atom stereocenters. The second-order valence-corrected chi connectivity index (χ2v) is 8.81. The molecule has 3 saturated heterocycles. The lowest BCUT2D eigenvalue weighted by Crippen LogP contribution is -2.55. The Morgan fingerprint density at radius 1 is 0.871 bits per heavy atom.